The Bertz CT molecular complexity index is 2840. The maximum atomic E-state index is 13.4. The molecule has 7 saturated heterocycles. The number of hydrogen-bond acceptors (Lipinski definition) is 33. The molecule has 0 aromatic carbocycles. The van der Waals surface area contributed by atoms with Gasteiger partial charge in [-0.1, -0.05) is 0 Å². The van der Waals surface area contributed by atoms with Crippen LogP contribution in [0, 0.1) is 0 Å². The van der Waals surface area contributed by atoms with Gasteiger partial charge in [-0.25, -0.2) is 19.2 Å². The fourth-order valence-electron chi connectivity index (χ4n) is 12.4. The Morgan fingerprint density at radius 1 is 0.340 bits per heavy atom. The predicted molar refractivity (Wildman–Crippen MR) is 307 cm³/mol. The number of carboxylic acid groups (broad SMARTS) is 4. The first kappa shape index (κ1) is 78.1. The van der Waals surface area contributed by atoms with Gasteiger partial charge in [-0.15, -0.1) is 0 Å². The molecule has 24 N–H and O–H groups in total. The van der Waals surface area contributed by atoms with Crippen molar-refractivity contribution >= 4 is 59.3 Å². The summed E-state index contributed by atoms with van der Waals surface area (Å²) in [7, 11) is 0. The molecule has 34 atom stereocenters. The van der Waals surface area contributed by atoms with E-state index in [0.29, 0.717) is 0 Å². The first-order chi connectivity index (χ1) is 45.4. The van der Waals surface area contributed by atoms with E-state index in [1.165, 1.54) is 13.8 Å². The molecule has 0 bridgehead atoms. The molecule has 0 aromatic rings. The van der Waals surface area contributed by atoms with E-state index in [1.54, 1.807) is 0 Å². The summed E-state index contributed by atoms with van der Waals surface area (Å²) >= 11 is 0. The average molecular weight is 1400 g/mol. The minimum atomic E-state index is -2.36. The van der Waals surface area contributed by atoms with Gasteiger partial charge in [0.2, 0.25) is 35.4 Å². The van der Waals surface area contributed by atoms with Crippen molar-refractivity contribution in [1.82, 2.24) is 31.9 Å². The summed E-state index contributed by atoms with van der Waals surface area (Å²) < 4.78 is 77.5. The van der Waals surface area contributed by atoms with E-state index in [9.17, 15) is 99.0 Å². The SMILES string of the molecule is CC(=O)N[C@@H]1[C@H](O[C@H]2[C@@H](O)[C@@H](C)O[C@@H](OC[C@H]3O[C@H](CO)[C@@H](O)[C@@H]3O)[C@@H]2NC(C)=O)O[C@H](C(=O)O)[C@@H](O[C@@H]2O[C@H](C(=O)O)[C@@H](O[C@H]3O[C@H](C)[C@H](O)[C@H](O[C@@H]4O[C@H](C(=O)O)[C@@H](O[C@@H]5O[C@H](C(=O)O)[C@@H](O)[C@H](N)[C@@H]5NC(C)=O)[C@H](N)[C@@H]4NC(C)=O)[C@H]3NC(C)=O)[C@H](N)[C@@H]2NC(C)=O)[C@@H]1N. The third-order valence-corrected chi connectivity index (χ3v) is 17.0. The minimum absolute atomic E-state index is 0.542. The molecule has 0 spiro atoms. The van der Waals surface area contributed by atoms with Gasteiger partial charge in [0.05, 0.1) is 73.8 Å². The van der Waals surface area contributed by atoms with Crippen LogP contribution >= 0.6 is 0 Å². The number of carbonyl (C=O) groups excluding carboxylic acids is 6. The summed E-state index contributed by atoms with van der Waals surface area (Å²) in [5, 5.41) is 121. The lowest BCUT2D eigenvalue weighted by Gasteiger charge is -2.51. The molecule has 0 aliphatic carbocycles. The average Bonchev–Trinajstić information content (AvgIpc) is 1.31. The molecule has 97 heavy (non-hydrogen) atoms. The van der Waals surface area contributed by atoms with Gasteiger partial charge >= 0.3 is 23.9 Å². The molecule has 7 heterocycles. The highest BCUT2D eigenvalue weighted by Gasteiger charge is 2.61. The van der Waals surface area contributed by atoms with Gasteiger partial charge in [-0.05, 0) is 13.8 Å². The van der Waals surface area contributed by atoms with Crippen molar-refractivity contribution in [2.75, 3.05) is 13.2 Å². The quantitative estimate of drug-likeness (QED) is 0.0427. The molecule has 7 aliphatic heterocycles. The van der Waals surface area contributed by atoms with E-state index in [4.69, 9.17) is 84.5 Å². The molecule has 550 valence electrons. The summed E-state index contributed by atoms with van der Waals surface area (Å²) in [6, 6.07) is -17.3. The van der Waals surface area contributed by atoms with E-state index in [-0.39, 0.29) is 0 Å². The molecule has 7 fully saturated rings. The number of nitrogens with one attached hydrogen (secondary N) is 6. The Labute approximate surface area is 550 Å². The first-order valence-corrected chi connectivity index (χ1v) is 30.4. The second kappa shape index (κ2) is 32.8. The third kappa shape index (κ3) is 17.9. The predicted octanol–water partition coefficient (Wildman–Crippen LogP) is -12.4. The van der Waals surface area contributed by atoms with Crippen molar-refractivity contribution in [2.45, 2.75) is 263 Å². The van der Waals surface area contributed by atoms with Crippen molar-refractivity contribution in [3.05, 3.63) is 0 Å². The normalized spacial score (nSPS) is 43.8. The van der Waals surface area contributed by atoms with Gasteiger partial charge in [0.15, 0.2) is 62.2 Å². The summed E-state index contributed by atoms with van der Waals surface area (Å²) in [6.07, 6.45) is -44.5. The molecular weight excluding hydrogens is 1320 g/mol. The molecule has 43 heteroatoms. The summed E-state index contributed by atoms with van der Waals surface area (Å²) in [5.74, 6) is -12.4. The van der Waals surface area contributed by atoms with Crippen molar-refractivity contribution in [3.63, 3.8) is 0 Å². The lowest BCUT2D eigenvalue weighted by molar-refractivity contribution is -0.345. The second-order valence-electron chi connectivity index (χ2n) is 24.3. The molecule has 0 radical (unpaired) electrons. The van der Waals surface area contributed by atoms with Crippen LogP contribution in [-0.2, 0) is 110 Å². The number of aliphatic carboxylic acids is 4. The number of aliphatic hydroxyl groups is 6. The van der Waals surface area contributed by atoms with Crippen LogP contribution in [0.5, 0.6) is 0 Å². The Morgan fingerprint density at radius 3 is 0.918 bits per heavy atom. The smallest absolute Gasteiger partial charge is 0.335 e. The first-order valence-electron chi connectivity index (χ1n) is 30.4. The zero-order valence-corrected chi connectivity index (χ0v) is 53.2. The van der Waals surface area contributed by atoms with Crippen LogP contribution in [0.25, 0.3) is 0 Å². The third-order valence-electron chi connectivity index (χ3n) is 17.0. The van der Waals surface area contributed by atoms with E-state index in [1.807, 2.05) is 0 Å². The number of nitrogens with two attached hydrogens (primary N) is 4. The van der Waals surface area contributed by atoms with Crippen LogP contribution in [0.2, 0.25) is 0 Å². The van der Waals surface area contributed by atoms with E-state index >= 15 is 0 Å². The number of carbonyl (C=O) groups is 10. The molecule has 6 amide bonds. The highest BCUT2D eigenvalue weighted by atomic mass is 16.8. The van der Waals surface area contributed by atoms with E-state index in [2.05, 4.69) is 31.9 Å². The molecule has 7 rings (SSSR count). The minimum Gasteiger partial charge on any atom is -0.479 e. The van der Waals surface area contributed by atoms with Crippen molar-refractivity contribution in [3.8, 4) is 0 Å². The number of rotatable bonds is 24. The van der Waals surface area contributed by atoms with Crippen LogP contribution in [0.15, 0.2) is 0 Å². The number of ether oxygens (including phenoxy) is 13. The zero-order chi connectivity index (χ0) is 72.3. The molecule has 7 aliphatic rings. The lowest BCUT2D eigenvalue weighted by atomic mass is 9.91. The zero-order valence-electron chi connectivity index (χ0n) is 53.2. The maximum Gasteiger partial charge on any atom is 0.335 e. The fourth-order valence-corrected chi connectivity index (χ4v) is 12.4. The van der Waals surface area contributed by atoms with Crippen molar-refractivity contribution in [2.24, 2.45) is 22.9 Å². The van der Waals surface area contributed by atoms with E-state index < -0.39 is 281 Å². The molecular formula is C54H86N10O33. The Morgan fingerprint density at radius 2 is 0.608 bits per heavy atom. The maximum absolute atomic E-state index is 13.4. The van der Waals surface area contributed by atoms with Crippen molar-refractivity contribution in [1.29, 1.82) is 0 Å². The summed E-state index contributed by atoms with van der Waals surface area (Å²) in [6.45, 7) is 7.44. The number of amides is 6. The standard InChI is InChI=1S/C54H86N10O33/c1-11-31(72)39(29(63-17(7)70)49(86-11)85-10-20-34(75)33(74)19(9-65)88-20)92-52-27(61-15(5)68)24(58)37(43(96-52)47(81)82)90-51-26(60-14(4)67)22(56)38(44(95-51)48(83)84)91-54-30(64-18(8)71)40(32(73)12(2)87-54)93-53-28(62-16(6)69)23(57)36(42(97-53)46(79)80)89-50-25(59-13(3)66)21(55)35(76)41(94-50)45(77)78/h11-12,19-44,49-54,65,72-76H,9-10,55-58H2,1-8H3,(H,59,66)(H,60,67)(H,61,68)(H,62,69)(H,63,70)(H,64,71)(H,77,78)(H,79,80)(H,81,82)(H,83,84)/t11-,12-,19-,20-,21-,22-,23-,24-,25+,26+,27+,28+,29-,30-,31+,32+,33-,34-,35+,36+,37+,38+,39-,40-,41+,42+,43+,44+,49-,50-,51-,52-,53-,54-/m1/s1. The highest BCUT2D eigenvalue weighted by Crippen LogP contribution is 2.37. The topological polar surface area (TPSA) is 669 Å². The lowest BCUT2D eigenvalue weighted by Crippen LogP contribution is -2.75. The van der Waals surface area contributed by atoms with Gasteiger partial charge < -0.3 is 167 Å². The second-order valence-corrected chi connectivity index (χ2v) is 24.3. The molecule has 0 saturated carbocycles. The Hall–Kier alpha value is -6.22. The molecule has 43 nitrogen and oxygen atoms in total. The Balaban J connectivity index is 1.16. The van der Waals surface area contributed by atoms with Crippen molar-refractivity contribution < 1.29 is 161 Å². The van der Waals surface area contributed by atoms with Gasteiger partial charge in [0, 0.05) is 41.5 Å². The monoisotopic (exact) mass is 1400 g/mol. The van der Waals surface area contributed by atoms with Gasteiger partial charge in [-0.2, -0.15) is 0 Å². The number of carboxylic acids is 4. The van der Waals surface area contributed by atoms with Gasteiger partial charge in [0.25, 0.3) is 0 Å². The number of hydrogen-bond donors (Lipinski definition) is 20. The van der Waals surface area contributed by atoms with Crippen LogP contribution in [0.3, 0.4) is 0 Å². The van der Waals surface area contributed by atoms with Gasteiger partial charge in [0.1, 0.15) is 85.3 Å². The largest absolute Gasteiger partial charge is 0.479 e. The van der Waals surface area contributed by atoms with E-state index in [0.717, 1.165) is 41.5 Å². The van der Waals surface area contributed by atoms with Crippen LogP contribution in [0.4, 0.5) is 0 Å². The summed E-state index contributed by atoms with van der Waals surface area (Å²) in [4.78, 5) is 129. The van der Waals surface area contributed by atoms with Crippen LogP contribution < -0.4 is 54.8 Å². The fraction of sp³-hybridized carbons (Fsp3) is 0.815. The molecule has 0 unspecified atom stereocenters. The number of aliphatic hydroxyl groups excluding tert-OH is 6. The molecule has 0 aromatic heterocycles. The Kier molecular flexibility index (Phi) is 26.5. The van der Waals surface area contributed by atoms with Crippen LogP contribution in [0.1, 0.15) is 55.4 Å². The summed E-state index contributed by atoms with van der Waals surface area (Å²) in [5.41, 5.74) is 26.4. The highest BCUT2D eigenvalue weighted by molar-refractivity contribution is 5.78. The van der Waals surface area contributed by atoms with Crippen LogP contribution in [-0.4, -0.2) is 332 Å². The van der Waals surface area contributed by atoms with Gasteiger partial charge in [-0.3, -0.25) is 28.8 Å².